The van der Waals surface area contributed by atoms with Crippen LogP contribution in [-0.4, -0.2) is 44.8 Å². The van der Waals surface area contributed by atoms with Crippen molar-refractivity contribution in [2.24, 2.45) is 0 Å². The lowest BCUT2D eigenvalue weighted by Gasteiger charge is -2.36. The molecule has 2 aromatic rings. The number of nitrogens with zero attached hydrogens (tertiary/aromatic N) is 4. The molecule has 3 heterocycles. The summed E-state index contributed by atoms with van der Waals surface area (Å²) in [5.41, 5.74) is 2.77. The molecule has 0 spiro atoms. The van der Waals surface area contributed by atoms with Gasteiger partial charge in [-0.15, -0.1) is 0 Å². The number of aromatic nitrogens is 3. The molecule has 1 aliphatic heterocycles. The number of carbonyl (C=O) groups is 1. The van der Waals surface area contributed by atoms with Crippen LogP contribution in [0.25, 0.3) is 0 Å². The van der Waals surface area contributed by atoms with Gasteiger partial charge >= 0.3 is 0 Å². The summed E-state index contributed by atoms with van der Waals surface area (Å²) in [6.45, 7) is 8.07. The summed E-state index contributed by atoms with van der Waals surface area (Å²) in [5, 5.41) is 4.55. The SMILES string of the molecule is CCOc1ccc(C(=O)N2CCCCC2Cn2nc(C)cc2C)cn1. The monoisotopic (exact) mass is 342 g/mol. The first-order valence-corrected chi connectivity index (χ1v) is 8.99. The highest BCUT2D eigenvalue weighted by Crippen LogP contribution is 2.22. The Labute approximate surface area is 148 Å². The fraction of sp³-hybridized carbons (Fsp3) is 0.526. The Balaban J connectivity index is 1.75. The zero-order valence-electron chi connectivity index (χ0n) is 15.2. The molecule has 1 amide bonds. The molecule has 134 valence electrons. The van der Waals surface area contributed by atoms with Gasteiger partial charge in [-0.1, -0.05) is 0 Å². The van der Waals surface area contributed by atoms with E-state index in [2.05, 4.69) is 23.1 Å². The van der Waals surface area contributed by atoms with Gasteiger partial charge in [-0.2, -0.15) is 5.10 Å². The van der Waals surface area contributed by atoms with E-state index in [-0.39, 0.29) is 11.9 Å². The van der Waals surface area contributed by atoms with Crippen LogP contribution in [0.3, 0.4) is 0 Å². The molecule has 3 rings (SSSR count). The second kappa shape index (κ2) is 7.68. The molecule has 0 saturated carbocycles. The zero-order valence-corrected chi connectivity index (χ0v) is 15.2. The fourth-order valence-corrected chi connectivity index (χ4v) is 3.42. The minimum Gasteiger partial charge on any atom is -0.478 e. The summed E-state index contributed by atoms with van der Waals surface area (Å²) in [4.78, 5) is 19.2. The lowest BCUT2D eigenvalue weighted by molar-refractivity contribution is 0.0582. The first-order chi connectivity index (χ1) is 12.1. The van der Waals surface area contributed by atoms with E-state index in [4.69, 9.17) is 4.74 Å². The van der Waals surface area contributed by atoms with Crippen LogP contribution in [0.1, 0.15) is 47.9 Å². The number of piperidine rings is 1. The Hall–Kier alpha value is -2.37. The van der Waals surface area contributed by atoms with Gasteiger partial charge in [-0.3, -0.25) is 9.48 Å². The van der Waals surface area contributed by atoms with Crippen LogP contribution in [0.2, 0.25) is 0 Å². The number of hydrogen-bond donors (Lipinski definition) is 0. The van der Waals surface area contributed by atoms with Gasteiger partial charge in [0.15, 0.2) is 0 Å². The van der Waals surface area contributed by atoms with E-state index in [1.807, 2.05) is 23.4 Å². The summed E-state index contributed by atoms with van der Waals surface area (Å²) in [6.07, 6.45) is 4.82. The van der Waals surface area contributed by atoms with E-state index in [1.165, 1.54) is 0 Å². The maximum Gasteiger partial charge on any atom is 0.255 e. The maximum atomic E-state index is 13.0. The lowest BCUT2D eigenvalue weighted by Crippen LogP contribution is -2.46. The van der Waals surface area contributed by atoms with E-state index < -0.39 is 0 Å². The van der Waals surface area contributed by atoms with Gasteiger partial charge in [0.25, 0.3) is 5.91 Å². The van der Waals surface area contributed by atoms with Crippen LogP contribution in [-0.2, 0) is 6.54 Å². The quantitative estimate of drug-likeness (QED) is 0.838. The van der Waals surface area contributed by atoms with Crippen LogP contribution >= 0.6 is 0 Å². The zero-order chi connectivity index (χ0) is 17.8. The van der Waals surface area contributed by atoms with Crippen molar-refractivity contribution in [3.63, 3.8) is 0 Å². The third-order valence-electron chi connectivity index (χ3n) is 4.65. The van der Waals surface area contributed by atoms with Crippen LogP contribution in [0.4, 0.5) is 0 Å². The van der Waals surface area contributed by atoms with Crippen molar-refractivity contribution in [2.45, 2.75) is 52.6 Å². The predicted octanol–water partition coefficient (Wildman–Crippen LogP) is 2.99. The number of carbonyl (C=O) groups excluding carboxylic acids is 1. The summed E-state index contributed by atoms with van der Waals surface area (Å²) < 4.78 is 7.37. The molecule has 6 nitrogen and oxygen atoms in total. The van der Waals surface area contributed by atoms with Gasteiger partial charge in [0, 0.05) is 24.5 Å². The van der Waals surface area contributed by atoms with Gasteiger partial charge in [0.1, 0.15) is 0 Å². The maximum absolute atomic E-state index is 13.0. The van der Waals surface area contributed by atoms with Crippen molar-refractivity contribution >= 4 is 5.91 Å². The number of amides is 1. The predicted molar refractivity (Wildman–Crippen MR) is 95.8 cm³/mol. The highest BCUT2D eigenvalue weighted by molar-refractivity contribution is 5.94. The Kier molecular flexibility index (Phi) is 5.36. The fourth-order valence-electron chi connectivity index (χ4n) is 3.42. The van der Waals surface area contributed by atoms with E-state index in [0.717, 1.165) is 43.7 Å². The molecular formula is C19H26N4O2. The molecule has 0 aliphatic carbocycles. The molecule has 1 saturated heterocycles. The minimum atomic E-state index is 0.0433. The molecule has 25 heavy (non-hydrogen) atoms. The molecule has 2 aromatic heterocycles. The standard InChI is InChI=1S/C19H26N4O2/c1-4-25-18-9-8-16(12-20-18)19(24)22-10-6-5-7-17(22)13-23-15(3)11-14(2)21-23/h8-9,11-12,17H,4-7,10,13H2,1-3H3. The number of hydrogen-bond acceptors (Lipinski definition) is 4. The highest BCUT2D eigenvalue weighted by atomic mass is 16.5. The summed E-state index contributed by atoms with van der Waals surface area (Å²) in [5.74, 6) is 0.596. The van der Waals surface area contributed by atoms with Crippen LogP contribution in [0.5, 0.6) is 5.88 Å². The highest BCUT2D eigenvalue weighted by Gasteiger charge is 2.28. The molecular weight excluding hydrogens is 316 g/mol. The lowest BCUT2D eigenvalue weighted by atomic mass is 10.0. The van der Waals surface area contributed by atoms with E-state index in [9.17, 15) is 4.79 Å². The largest absolute Gasteiger partial charge is 0.478 e. The molecule has 1 unspecified atom stereocenters. The molecule has 0 N–H and O–H groups in total. The molecule has 1 aliphatic rings. The summed E-state index contributed by atoms with van der Waals surface area (Å²) in [7, 11) is 0. The van der Waals surface area contributed by atoms with E-state index in [0.29, 0.717) is 18.1 Å². The topological polar surface area (TPSA) is 60.2 Å². The van der Waals surface area contributed by atoms with Crippen molar-refractivity contribution in [3.05, 3.63) is 41.3 Å². The molecule has 0 bridgehead atoms. The van der Waals surface area contributed by atoms with Gasteiger partial charge < -0.3 is 9.64 Å². The number of pyridine rings is 1. The Morgan fingerprint density at radius 2 is 2.16 bits per heavy atom. The number of ether oxygens (including phenoxy) is 1. The second-order valence-corrected chi connectivity index (χ2v) is 6.58. The second-order valence-electron chi connectivity index (χ2n) is 6.58. The summed E-state index contributed by atoms with van der Waals surface area (Å²) in [6, 6.07) is 5.81. The molecule has 0 aromatic carbocycles. The average molecular weight is 342 g/mol. The van der Waals surface area contributed by atoms with Crippen LogP contribution < -0.4 is 4.74 Å². The van der Waals surface area contributed by atoms with Crippen molar-refractivity contribution < 1.29 is 9.53 Å². The third kappa shape index (κ3) is 4.00. The molecule has 0 radical (unpaired) electrons. The number of likely N-dealkylation sites (tertiary alicyclic amines) is 1. The summed E-state index contributed by atoms with van der Waals surface area (Å²) >= 11 is 0. The first-order valence-electron chi connectivity index (χ1n) is 8.99. The minimum absolute atomic E-state index is 0.0433. The number of rotatable bonds is 5. The molecule has 1 atom stereocenters. The van der Waals surface area contributed by atoms with Gasteiger partial charge in [-0.05, 0) is 52.2 Å². The van der Waals surface area contributed by atoms with Crippen LogP contribution in [0, 0.1) is 13.8 Å². The third-order valence-corrected chi connectivity index (χ3v) is 4.65. The smallest absolute Gasteiger partial charge is 0.255 e. The van der Waals surface area contributed by atoms with Crippen molar-refractivity contribution in [1.29, 1.82) is 0 Å². The van der Waals surface area contributed by atoms with Crippen molar-refractivity contribution in [2.75, 3.05) is 13.2 Å². The first kappa shape index (κ1) is 17.5. The Morgan fingerprint density at radius 1 is 1.32 bits per heavy atom. The van der Waals surface area contributed by atoms with E-state index >= 15 is 0 Å². The van der Waals surface area contributed by atoms with Crippen LogP contribution in [0.15, 0.2) is 24.4 Å². The van der Waals surface area contributed by atoms with Gasteiger partial charge in [0.2, 0.25) is 5.88 Å². The van der Waals surface area contributed by atoms with Gasteiger partial charge in [-0.25, -0.2) is 4.98 Å². The Morgan fingerprint density at radius 3 is 2.80 bits per heavy atom. The molecule has 1 fully saturated rings. The van der Waals surface area contributed by atoms with Gasteiger partial charge in [0.05, 0.1) is 30.5 Å². The molecule has 6 heteroatoms. The number of aryl methyl sites for hydroxylation is 2. The van der Waals surface area contributed by atoms with Crippen molar-refractivity contribution in [3.8, 4) is 5.88 Å². The Bertz CT molecular complexity index is 724. The van der Waals surface area contributed by atoms with Crippen molar-refractivity contribution in [1.82, 2.24) is 19.7 Å². The average Bonchev–Trinajstić information content (AvgIpc) is 2.93. The van der Waals surface area contributed by atoms with E-state index in [1.54, 1.807) is 18.3 Å². The normalized spacial score (nSPS) is 17.6.